The fraction of sp³-hybridized carbons (Fsp3) is 0.167. The van der Waals surface area contributed by atoms with Gasteiger partial charge < -0.3 is 24.5 Å². The number of hydrazone groups is 1. The second-order valence-electron chi connectivity index (χ2n) is 7.17. The van der Waals surface area contributed by atoms with Gasteiger partial charge in [0, 0.05) is 10.2 Å². The van der Waals surface area contributed by atoms with Gasteiger partial charge in [-0.15, -0.1) is 0 Å². The third kappa shape index (κ3) is 7.71. The molecule has 0 atom stereocenters. The predicted octanol–water partition coefficient (Wildman–Crippen LogP) is 3.14. The highest BCUT2D eigenvalue weighted by Crippen LogP contribution is 2.27. The van der Waals surface area contributed by atoms with Gasteiger partial charge in [-0.3, -0.25) is 14.4 Å². The molecule has 10 nitrogen and oxygen atoms in total. The SMILES string of the molecule is COc1cc(/C=N\NC(=O)C(=O)NCc2ccco2)ccc1OCC(=O)Nc1ccc(Br)c(C)c1. The molecule has 3 amide bonds. The largest absolute Gasteiger partial charge is 0.493 e. The molecule has 35 heavy (non-hydrogen) atoms. The number of hydrogen-bond donors (Lipinski definition) is 3. The van der Waals surface area contributed by atoms with Crippen molar-refractivity contribution in [2.75, 3.05) is 19.0 Å². The van der Waals surface area contributed by atoms with Gasteiger partial charge in [-0.25, -0.2) is 5.43 Å². The minimum absolute atomic E-state index is 0.0857. The second-order valence-corrected chi connectivity index (χ2v) is 8.03. The molecular weight excluding hydrogens is 520 g/mol. The van der Waals surface area contributed by atoms with Crippen LogP contribution in [0, 0.1) is 6.92 Å². The monoisotopic (exact) mass is 542 g/mol. The Kier molecular flexibility index (Phi) is 9.02. The van der Waals surface area contributed by atoms with E-state index in [0.29, 0.717) is 28.5 Å². The van der Waals surface area contributed by atoms with Crippen molar-refractivity contribution in [3.05, 3.63) is 76.2 Å². The van der Waals surface area contributed by atoms with Crippen LogP contribution in [0.2, 0.25) is 0 Å². The third-order valence-electron chi connectivity index (χ3n) is 4.58. The topological polar surface area (TPSA) is 131 Å². The lowest BCUT2D eigenvalue weighted by Gasteiger charge is -2.12. The Hall–Kier alpha value is -4.12. The Morgan fingerprint density at radius 3 is 2.63 bits per heavy atom. The maximum Gasteiger partial charge on any atom is 0.329 e. The van der Waals surface area contributed by atoms with Crippen LogP contribution in [0.25, 0.3) is 0 Å². The number of aryl methyl sites for hydroxylation is 1. The standard InChI is InChI=1S/C24H23BrN4O6/c1-15-10-17(6-7-19(15)25)28-22(30)14-35-20-8-5-16(11-21(20)33-2)12-27-29-24(32)23(31)26-13-18-4-3-9-34-18/h3-12H,13-14H2,1-2H3,(H,26,31)(H,28,30)(H,29,32)/b27-12-. The maximum absolute atomic E-state index is 12.2. The van der Waals surface area contributed by atoms with Crippen molar-refractivity contribution in [1.29, 1.82) is 0 Å². The molecule has 0 saturated heterocycles. The molecule has 1 aromatic heterocycles. The van der Waals surface area contributed by atoms with E-state index in [1.807, 2.05) is 19.1 Å². The first-order chi connectivity index (χ1) is 16.9. The smallest absolute Gasteiger partial charge is 0.329 e. The zero-order chi connectivity index (χ0) is 25.2. The van der Waals surface area contributed by atoms with Gasteiger partial charge in [0.25, 0.3) is 5.91 Å². The van der Waals surface area contributed by atoms with Crippen LogP contribution in [0.3, 0.4) is 0 Å². The number of benzene rings is 2. The van der Waals surface area contributed by atoms with Crippen molar-refractivity contribution in [3.63, 3.8) is 0 Å². The van der Waals surface area contributed by atoms with Gasteiger partial charge in [0.2, 0.25) is 0 Å². The van der Waals surface area contributed by atoms with Crippen LogP contribution in [-0.4, -0.2) is 37.7 Å². The third-order valence-corrected chi connectivity index (χ3v) is 5.47. The number of hydrogen-bond acceptors (Lipinski definition) is 7. The number of furan rings is 1. The minimum atomic E-state index is -0.924. The Morgan fingerprint density at radius 2 is 1.91 bits per heavy atom. The van der Waals surface area contributed by atoms with Crippen LogP contribution in [0.1, 0.15) is 16.9 Å². The molecule has 0 aliphatic carbocycles. The average Bonchev–Trinajstić information content (AvgIpc) is 3.37. The lowest BCUT2D eigenvalue weighted by Crippen LogP contribution is -2.37. The van der Waals surface area contributed by atoms with Crippen molar-refractivity contribution in [2.45, 2.75) is 13.5 Å². The summed E-state index contributed by atoms with van der Waals surface area (Å²) in [7, 11) is 1.46. The molecule has 0 unspecified atom stereocenters. The number of nitrogens with one attached hydrogen (secondary N) is 3. The number of anilines is 1. The molecule has 2 aromatic carbocycles. The van der Waals surface area contributed by atoms with E-state index in [9.17, 15) is 14.4 Å². The Bertz CT molecular complexity index is 1230. The van der Waals surface area contributed by atoms with Gasteiger partial charge in [0.05, 0.1) is 26.1 Å². The molecule has 0 spiro atoms. The van der Waals surface area contributed by atoms with Crippen LogP contribution >= 0.6 is 15.9 Å². The molecule has 3 rings (SSSR count). The van der Waals surface area contributed by atoms with Crippen molar-refractivity contribution in [2.24, 2.45) is 5.10 Å². The first-order valence-corrected chi connectivity index (χ1v) is 11.2. The van der Waals surface area contributed by atoms with E-state index in [2.05, 4.69) is 37.1 Å². The highest BCUT2D eigenvalue weighted by atomic mass is 79.9. The zero-order valence-corrected chi connectivity index (χ0v) is 20.5. The number of ether oxygens (including phenoxy) is 2. The summed E-state index contributed by atoms with van der Waals surface area (Å²) >= 11 is 3.42. The maximum atomic E-state index is 12.2. The number of methoxy groups -OCH3 is 1. The van der Waals surface area contributed by atoms with Crippen LogP contribution < -0.4 is 25.5 Å². The molecule has 0 radical (unpaired) electrons. The normalized spacial score (nSPS) is 10.6. The Balaban J connectivity index is 1.50. The van der Waals surface area contributed by atoms with Crippen molar-refractivity contribution in [1.82, 2.24) is 10.7 Å². The number of halogens is 1. The molecule has 0 aliphatic heterocycles. The van der Waals surface area contributed by atoms with Crippen molar-refractivity contribution >= 4 is 45.6 Å². The van der Waals surface area contributed by atoms with E-state index < -0.39 is 11.8 Å². The summed E-state index contributed by atoms with van der Waals surface area (Å²) in [6.07, 6.45) is 2.81. The fourth-order valence-electron chi connectivity index (χ4n) is 2.82. The number of rotatable bonds is 9. The molecule has 0 fully saturated rings. The number of carbonyl (C=O) groups excluding carboxylic acids is 3. The zero-order valence-electron chi connectivity index (χ0n) is 19.0. The first kappa shape index (κ1) is 25.5. The summed E-state index contributed by atoms with van der Waals surface area (Å²) in [5.74, 6) is -0.863. The summed E-state index contributed by atoms with van der Waals surface area (Å²) in [6.45, 7) is 1.79. The number of carbonyl (C=O) groups is 3. The predicted molar refractivity (Wildman–Crippen MR) is 132 cm³/mol. The van der Waals surface area contributed by atoms with Gasteiger partial charge in [0.15, 0.2) is 18.1 Å². The number of nitrogens with zero attached hydrogens (tertiary/aromatic N) is 1. The number of amides is 3. The molecule has 0 saturated carbocycles. The van der Waals surface area contributed by atoms with Crippen LogP contribution in [0.4, 0.5) is 5.69 Å². The molecule has 1 heterocycles. The minimum Gasteiger partial charge on any atom is -0.493 e. The molecule has 0 aliphatic rings. The summed E-state index contributed by atoms with van der Waals surface area (Å²) in [5.41, 5.74) is 4.37. The van der Waals surface area contributed by atoms with Crippen molar-refractivity contribution < 1.29 is 28.3 Å². The van der Waals surface area contributed by atoms with Gasteiger partial charge in [0.1, 0.15) is 5.76 Å². The molecule has 0 bridgehead atoms. The van der Waals surface area contributed by atoms with E-state index >= 15 is 0 Å². The molecule has 3 N–H and O–H groups in total. The van der Waals surface area contributed by atoms with Crippen LogP contribution in [0.5, 0.6) is 11.5 Å². The van der Waals surface area contributed by atoms with Crippen LogP contribution in [0.15, 0.2) is 68.8 Å². The summed E-state index contributed by atoms with van der Waals surface area (Å²) < 4.78 is 16.9. The lowest BCUT2D eigenvalue weighted by atomic mass is 10.2. The Morgan fingerprint density at radius 1 is 1.09 bits per heavy atom. The van der Waals surface area contributed by atoms with Crippen molar-refractivity contribution in [3.8, 4) is 11.5 Å². The summed E-state index contributed by atoms with van der Waals surface area (Å²) in [4.78, 5) is 35.9. The molecule has 11 heteroatoms. The second kappa shape index (κ2) is 12.4. The van der Waals surface area contributed by atoms with Gasteiger partial charge >= 0.3 is 11.8 Å². The lowest BCUT2D eigenvalue weighted by molar-refractivity contribution is -0.139. The molecular formula is C24H23BrN4O6. The van der Waals surface area contributed by atoms with E-state index in [-0.39, 0.29) is 19.1 Å². The van der Waals surface area contributed by atoms with E-state index in [4.69, 9.17) is 13.9 Å². The average molecular weight is 543 g/mol. The van der Waals surface area contributed by atoms with E-state index in [1.165, 1.54) is 19.6 Å². The van der Waals surface area contributed by atoms with E-state index in [1.54, 1.807) is 36.4 Å². The first-order valence-electron chi connectivity index (χ1n) is 10.4. The Labute approximate surface area is 209 Å². The highest BCUT2D eigenvalue weighted by Gasteiger charge is 2.13. The summed E-state index contributed by atoms with van der Waals surface area (Å²) in [6, 6.07) is 13.7. The highest BCUT2D eigenvalue weighted by molar-refractivity contribution is 9.10. The van der Waals surface area contributed by atoms with E-state index in [0.717, 1.165) is 10.0 Å². The fourth-order valence-corrected chi connectivity index (χ4v) is 3.07. The van der Waals surface area contributed by atoms with Crippen LogP contribution in [-0.2, 0) is 20.9 Å². The van der Waals surface area contributed by atoms with Gasteiger partial charge in [-0.2, -0.15) is 5.10 Å². The molecule has 3 aromatic rings. The molecule has 182 valence electrons. The summed E-state index contributed by atoms with van der Waals surface area (Å²) in [5, 5.41) is 8.96. The van der Waals surface area contributed by atoms with Gasteiger partial charge in [-0.1, -0.05) is 15.9 Å². The van der Waals surface area contributed by atoms with Gasteiger partial charge in [-0.05, 0) is 66.6 Å². The quantitative estimate of drug-likeness (QED) is 0.216.